The summed E-state index contributed by atoms with van der Waals surface area (Å²) in [7, 11) is -3.54. The van der Waals surface area contributed by atoms with Gasteiger partial charge in [0, 0.05) is 13.1 Å². The van der Waals surface area contributed by atoms with Gasteiger partial charge in [0.25, 0.3) is 0 Å². The van der Waals surface area contributed by atoms with E-state index in [0.717, 1.165) is 33.4 Å². The molecule has 0 aromatic heterocycles. The van der Waals surface area contributed by atoms with Gasteiger partial charge in [0.2, 0.25) is 10.0 Å². The smallest absolute Gasteiger partial charge is 0.207 e. The van der Waals surface area contributed by atoms with Crippen molar-refractivity contribution < 1.29 is 8.42 Å². The lowest BCUT2D eigenvalue weighted by molar-refractivity contribution is 0.422. The van der Waals surface area contributed by atoms with Crippen molar-refractivity contribution in [2.45, 2.75) is 53.0 Å². The van der Waals surface area contributed by atoms with E-state index < -0.39 is 10.0 Å². The van der Waals surface area contributed by atoms with Crippen LogP contribution in [0.2, 0.25) is 0 Å². The Morgan fingerprint density at radius 2 is 1.50 bits per heavy atom. The second-order valence-electron chi connectivity index (χ2n) is 6.51. The minimum absolute atomic E-state index is 0.395. The van der Waals surface area contributed by atoms with E-state index in [4.69, 9.17) is 0 Å². The van der Waals surface area contributed by atoms with Crippen LogP contribution in [0, 0.1) is 34.6 Å². The van der Waals surface area contributed by atoms with Crippen LogP contribution in [0.4, 0.5) is 0 Å². The highest BCUT2D eigenvalue weighted by atomic mass is 32.2. The van der Waals surface area contributed by atoms with Gasteiger partial charge in [0.1, 0.15) is 0 Å². The van der Waals surface area contributed by atoms with Crippen LogP contribution >= 0.6 is 0 Å². The van der Waals surface area contributed by atoms with Crippen molar-refractivity contribution in [3.8, 4) is 0 Å². The molecule has 0 saturated heterocycles. The second-order valence-corrected chi connectivity index (χ2v) is 8.38. The molecule has 0 aliphatic carbocycles. The Morgan fingerprint density at radius 1 is 0.917 bits per heavy atom. The Labute approximate surface area is 146 Å². The lowest BCUT2D eigenvalue weighted by Crippen LogP contribution is -2.31. The molecule has 2 aromatic rings. The summed E-state index contributed by atoms with van der Waals surface area (Å²) in [4.78, 5) is 0.467. The average Bonchev–Trinajstić information content (AvgIpc) is 2.50. The largest absolute Gasteiger partial charge is 0.243 e. The molecule has 0 saturated carbocycles. The minimum Gasteiger partial charge on any atom is -0.207 e. The van der Waals surface area contributed by atoms with Crippen molar-refractivity contribution >= 4 is 10.0 Å². The molecule has 24 heavy (non-hydrogen) atoms. The van der Waals surface area contributed by atoms with E-state index in [1.165, 1.54) is 0 Å². The molecular formula is C20H27NO2S. The van der Waals surface area contributed by atoms with Crippen molar-refractivity contribution in [1.29, 1.82) is 0 Å². The summed E-state index contributed by atoms with van der Waals surface area (Å²) in [5.74, 6) is 0. The van der Waals surface area contributed by atoms with Crippen molar-refractivity contribution in [1.82, 2.24) is 4.31 Å². The number of aryl methyl sites for hydroxylation is 3. The highest BCUT2D eigenvalue weighted by molar-refractivity contribution is 7.89. The van der Waals surface area contributed by atoms with E-state index in [9.17, 15) is 8.42 Å². The molecule has 0 fully saturated rings. The SMILES string of the molecule is CCN(Cc1cccc(C)c1)S(=O)(=O)c1c(C)c(C)cc(C)c1C. The fraction of sp³-hybridized carbons (Fsp3) is 0.400. The Balaban J connectivity index is 2.52. The Morgan fingerprint density at radius 3 is 2.00 bits per heavy atom. The maximum Gasteiger partial charge on any atom is 0.243 e. The first-order valence-electron chi connectivity index (χ1n) is 8.31. The first-order valence-corrected chi connectivity index (χ1v) is 9.75. The van der Waals surface area contributed by atoms with Crippen LogP contribution in [0.25, 0.3) is 0 Å². The normalized spacial score (nSPS) is 12.0. The summed E-state index contributed by atoms with van der Waals surface area (Å²) in [5, 5.41) is 0. The predicted molar refractivity (Wildman–Crippen MR) is 99.8 cm³/mol. The topological polar surface area (TPSA) is 37.4 Å². The van der Waals surface area contributed by atoms with Crippen LogP contribution in [0.5, 0.6) is 0 Å². The van der Waals surface area contributed by atoms with Gasteiger partial charge in [-0.3, -0.25) is 0 Å². The standard InChI is InChI=1S/C20H27NO2S/c1-7-21(13-19-10-8-9-14(2)11-19)24(22,23)20-17(5)15(3)12-16(4)18(20)6/h8-12H,7,13H2,1-6H3. The molecule has 0 atom stereocenters. The van der Waals surface area contributed by atoms with Gasteiger partial charge in [-0.25, -0.2) is 8.42 Å². The summed E-state index contributed by atoms with van der Waals surface area (Å²) in [5.41, 5.74) is 5.88. The Hall–Kier alpha value is -1.65. The molecular weight excluding hydrogens is 318 g/mol. The van der Waals surface area contributed by atoms with E-state index in [1.54, 1.807) is 4.31 Å². The molecule has 0 aliphatic rings. The zero-order chi connectivity index (χ0) is 18.1. The molecule has 0 spiro atoms. The molecule has 0 heterocycles. The monoisotopic (exact) mass is 345 g/mol. The van der Waals surface area contributed by atoms with Gasteiger partial charge in [0.15, 0.2) is 0 Å². The first kappa shape index (κ1) is 18.7. The van der Waals surface area contributed by atoms with E-state index in [2.05, 4.69) is 6.07 Å². The third-order valence-corrected chi connectivity index (χ3v) is 6.88. The summed E-state index contributed by atoms with van der Waals surface area (Å²) in [6.07, 6.45) is 0. The fourth-order valence-electron chi connectivity index (χ4n) is 3.08. The third-order valence-electron chi connectivity index (χ3n) is 4.69. The molecule has 0 N–H and O–H groups in total. The quantitative estimate of drug-likeness (QED) is 0.803. The number of hydrogen-bond donors (Lipinski definition) is 0. The maximum atomic E-state index is 13.3. The molecule has 130 valence electrons. The number of rotatable bonds is 5. The lowest BCUT2D eigenvalue weighted by atomic mass is 10.0. The van der Waals surface area contributed by atoms with Crippen molar-refractivity contribution in [2.24, 2.45) is 0 Å². The van der Waals surface area contributed by atoms with Crippen LogP contribution in [-0.4, -0.2) is 19.3 Å². The zero-order valence-electron chi connectivity index (χ0n) is 15.5. The summed E-state index contributed by atoms with van der Waals surface area (Å²) < 4.78 is 28.2. The van der Waals surface area contributed by atoms with Crippen LogP contribution in [-0.2, 0) is 16.6 Å². The zero-order valence-corrected chi connectivity index (χ0v) is 16.3. The highest BCUT2D eigenvalue weighted by Crippen LogP contribution is 2.29. The Bertz CT molecular complexity index is 828. The van der Waals surface area contributed by atoms with E-state index in [1.807, 2.05) is 65.8 Å². The van der Waals surface area contributed by atoms with Crippen molar-refractivity contribution in [2.75, 3.05) is 6.54 Å². The second kappa shape index (κ2) is 7.08. The van der Waals surface area contributed by atoms with Crippen LogP contribution in [0.3, 0.4) is 0 Å². The van der Waals surface area contributed by atoms with Gasteiger partial charge in [-0.05, 0) is 62.4 Å². The molecule has 0 radical (unpaired) electrons. The molecule has 3 nitrogen and oxygen atoms in total. The fourth-order valence-corrected chi connectivity index (χ4v) is 5.09. The molecule has 0 bridgehead atoms. The van der Waals surface area contributed by atoms with Gasteiger partial charge in [-0.1, -0.05) is 42.8 Å². The average molecular weight is 346 g/mol. The van der Waals surface area contributed by atoms with Gasteiger partial charge >= 0.3 is 0 Å². The van der Waals surface area contributed by atoms with Crippen molar-refractivity contribution in [3.05, 3.63) is 63.7 Å². The summed E-state index contributed by atoms with van der Waals surface area (Å²) in [6.45, 7) is 12.5. The number of benzene rings is 2. The number of nitrogens with zero attached hydrogens (tertiary/aromatic N) is 1. The molecule has 2 aromatic carbocycles. The van der Waals surface area contributed by atoms with Gasteiger partial charge in [0.05, 0.1) is 4.90 Å². The molecule has 0 unspecified atom stereocenters. The van der Waals surface area contributed by atoms with E-state index in [-0.39, 0.29) is 0 Å². The summed E-state index contributed by atoms with van der Waals surface area (Å²) >= 11 is 0. The highest BCUT2D eigenvalue weighted by Gasteiger charge is 2.28. The number of hydrogen-bond acceptors (Lipinski definition) is 2. The predicted octanol–water partition coefficient (Wildman–Crippen LogP) is 4.44. The van der Waals surface area contributed by atoms with Gasteiger partial charge < -0.3 is 0 Å². The van der Waals surface area contributed by atoms with Crippen LogP contribution in [0.15, 0.2) is 35.2 Å². The molecule has 4 heteroatoms. The third kappa shape index (κ3) is 3.55. The maximum absolute atomic E-state index is 13.3. The van der Waals surface area contributed by atoms with Gasteiger partial charge in [-0.2, -0.15) is 4.31 Å². The van der Waals surface area contributed by atoms with E-state index >= 15 is 0 Å². The van der Waals surface area contributed by atoms with Crippen LogP contribution in [0.1, 0.15) is 40.3 Å². The lowest BCUT2D eigenvalue weighted by Gasteiger charge is -2.24. The van der Waals surface area contributed by atoms with Crippen molar-refractivity contribution in [3.63, 3.8) is 0 Å². The van der Waals surface area contributed by atoms with E-state index in [0.29, 0.717) is 18.0 Å². The Kier molecular flexibility index (Phi) is 5.51. The molecule has 0 aliphatic heterocycles. The minimum atomic E-state index is -3.54. The first-order chi connectivity index (χ1) is 11.2. The summed E-state index contributed by atoms with van der Waals surface area (Å²) in [6, 6.07) is 10.1. The van der Waals surface area contributed by atoms with Crippen LogP contribution < -0.4 is 0 Å². The molecule has 2 rings (SSSR count). The molecule has 0 amide bonds. The number of sulfonamides is 1. The van der Waals surface area contributed by atoms with Gasteiger partial charge in [-0.15, -0.1) is 0 Å².